The molecule has 16 heavy (non-hydrogen) atoms. The monoisotopic (exact) mass is 235 g/mol. The van der Waals surface area contributed by atoms with Crippen LogP contribution in [0.5, 0.6) is 5.75 Å². The van der Waals surface area contributed by atoms with Crippen LogP contribution < -0.4 is 10.5 Å². The van der Waals surface area contributed by atoms with E-state index in [1.54, 1.807) is 25.4 Å². The minimum absolute atomic E-state index is 0.160. The predicted molar refractivity (Wildman–Crippen MR) is 61.6 cm³/mol. The lowest BCUT2D eigenvalue weighted by molar-refractivity contribution is 0.412. The van der Waals surface area contributed by atoms with E-state index >= 15 is 0 Å². The maximum Gasteiger partial charge on any atom is 0.208 e. The smallest absolute Gasteiger partial charge is 0.208 e. The third kappa shape index (κ3) is 1.98. The maximum absolute atomic E-state index is 5.40. The summed E-state index contributed by atoms with van der Waals surface area (Å²) in [7, 11) is 1.58. The standard InChI is InChI=1S/C9H9N5OS/c1-15-6-2-3-7(11-4-6)14-5-12-9(13-14)8(10)16/h2-5H,1H3,(H2,10,16). The summed E-state index contributed by atoms with van der Waals surface area (Å²) in [6.45, 7) is 0. The number of hydrogen-bond donors (Lipinski definition) is 1. The summed E-state index contributed by atoms with van der Waals surface area (Å²) in [5, 5.41) is 4.07. The molecular formula is C9H9N5OS. The summed E-state index contributed by atoms with van der Waals surface area (Å²) in [5.74, 6) is 1.63. The van der Waals surface area contributed by atoms with E-state index in [2.05, 4.69) is 15.1 Å². The number of nitrogens with zero attached hydrogens (tertiary/aromatic N) is 4. The van der Waals surface area contributed by atoms with E-state index in [9.17, 15) is 0 Å². The van der Waals surface area contributed by atoms with Crippen molar-refractivity contribution >= 4 is 17.2 Å². The Hall–Kier alpha value is -2.02. The molecule has 82 valence electrons. The molecule has 0 unspecified atom stereocenters. The zero-order valence-electron chi connectivity index (χ0n) is 8.49. The Morgan fingerprint density at radius 2 is 2.25 bits per heavy atom. The topological polar surface area (TPSA) is 78.9 Å². The van der Waals surface area contributed by atoms with Crippen molar-refractivity contribution in [3.8, 4) is 11.6 Å². The molecule has 0 amide bonds. The number of pyridine rings is 1. The lowest BCUT2D eigenvalue weighted by Crippen LogP contribution is -2.12. The quantitative estimate of drug-likeness (QED) is 0.771. The molecule has 2 aromatic heterocycles. The Kier molecular flexibility index (Phi) is 2.78. The average Bonchev–Trinajstić information content (AvgIpc) is 2.78. The van der Waals surface area contributed by atoms with Crippen molar-refractivity contribution in [1.82, 2.24) is 19.7 Å². The maximum atomic E-state index is 5.40. The zero-order valence-corrected chi connectivity index (χ0v) is 9.31. The van der Waals surface area contributed by atoms with E-state index in [4.69, 9.17) is 22.7 Å². The SMILES string of the molecule is COc1ccc(-n2cnc(C(N)=S)n2)nc1. The van der Waals surface area contributed by atoms with Crippen molar-refractivity contribution in [1.29, 1.82) is 0 Å². The van der Waals surface area contributed by atoms with Gasteiger partial charge < -0.3 is 10.5 Å². The second kappa shape index (κ2) is 4.23. The molecule has 0 saturated carbocycles. The molecular weight excluding hydrogens is 226 g/mol. The van der Waals surface area contributed by atoms with Gasteiger partial charge >= 0.3 is 0 Å². The highest BCUT2D eigenvalue weighted by molar-refractivity contribution is 7.80. The van der Waals surface area contributed by atoms with Crippen LogP contribution in [0.3, 0.4) is 0 Å². The van der Waals surface area contributed by atoms with Crippen molar-refractivity contribution < 1.29 is 4.74 Å². The van der Waals surface area contributed by atoms with E-state index in [1.807, 2.05) is 0 Å². The number of nitrogens with two attached hydrogens (primary N) is 1. The largest absolute Gasteiger partial charge is 0.495 e. The Balaban J connectivity index is 2.31. The summed E-state index contributed by atoms with van der Waals surface area (Å²) < 4.78 is 6.49. The Morgan fingerprint density at radius 1 is 1.44 bits per heavy atom. The number of aromatic nitrogens is 4. The second-order valence-electron chi connectivity index (χ2n) is 2.93. The first-order valence-corrected chi connectivity index (χ1v) is 4.83. The van der Waals surface area contributed by atoms with Gasteiger partial charge in [-0.2, -0.15) is 0 Å². The highest BCUT2D eigenvalue weighted by Gasteiger charge is 2.05. The van der Waals surface area contributed by atoms with E-state index in [-0.39, 0.29) is 4.99 Å². The molecule has 0 aromatic carbocycles. The minimum Gasteiger partial charge on any atom is -0.495 e. The van der Waals surface area contributed by atoms with Crippen LogP contribution in [0.1, 0.15) is 5.82 Å². The molecule has 0 aliphatic carbocycles. The van der Waals surface area contributed by atoms with Gasteiger partial charge in [-0.15, -0.1) is 5.10 Å². The van der Waals surface area contributed by atoms with Gasteiger partial charge in [-0.05, 0) is 12.1 Å². The number of thiocarbonyl (C=S) groups is 1. The van der Waals surface area contributed by atoms with Gasteiger partial charge in [-0.1, -0.05) is 12.2 Å². The van der Waals surface area contributed by atoms with Crippen molar-refractivity contribution in [2.24, 2.45) is 5.73 Å². The van der Waals surface area contributed by atoms with Crippen LogP contribution in [0.2, 0.25) is 0 Å². The van der Waals surface area contributed by atoms with Gasteiger partial charge in [0.25, 0.3) is 0 Å². The van der Waals surface area contributed by atoms with Crippen LogP contribution in [0.25, 0.3) is 5.82 Å². The minimum atomic E-state index is 0.160. The normalized spacial score (nSPS) is 10.1. The van der Waals surface area contributed by atoms with Gasteiger partial charge in [-0.25, -0.2) is 14.6 Å². The lowest BCUT2D eigenvalue weighted by atomic mass is 10.4. The molecule has 2 heterocycles. The molecule has 0 aliphatic rings. The van der Waals surface area contributed by atoms with E-state index < -0.39 is 0 Å². The van der Waals surface area contributed by atoms with Gasteiger partial charge in [0.2, 0.25) is 5.82 Å². The van der Waals surface area contributed by atoms with Crippen molar-refractivity contribution in [2.75, 3.05) is 7.11 Å². The van der Waals surface area contributed by atoms with Crippen LogP contribution in [-0.2, 0) is 0 Å². The van der Waals surface area contributed by atoms with Crippen LogP contribution in [0.15, 0.2) is 24.7 Å². The molecule has 0 atom stereocenters. The van der Waals surface area contributed by atoms with Crippen LogP contribution in [0, 0.1) is 0 Å². The first-order valence-electron chi connectivity index (χ1n) is 4.42. The second-order valence-corrected chi connectivity index (χ2v) is 3.37. The van der Waals surface area contributed by atoms with E-state index in [1.165, 1.54) is 11.0 Å². The number of ether oxygens (including phenoxy) is 1. The summed E-state index contributed by atoms with van der Waals surface area (Å²) in [5.41, 5.74) is 5.40. The zero-order chi connectivity index (χ0) is 11.5. The number of rotatable bonds is 3. The fourth-order valence-corrected chi connectivity index (χ4v) is 1.21. The van der Waals surface area contributed by atoms with Crippen molar-refractivity contribution in [2.45, 2.75) is 0 Å². The Morgan fingerprint density at radius 3 is 2.75 bits per heavy atom. The summed E-state index contributed by atoms with van der Waals surface area (Å²) >= 11 is 4.76. The number of hydrogen-bond acceptors (Lipinski definition) is 5. The number of methoxy groups -OCH3 is 1. The fourth-order valence-electron chi connectivity index (χ4n) is 1.12. The van der Waals surface area contributed by atoms with Crippen LogP contribution >= 0.6 is 12.2 Å². The predicted octanol–water partition coefficient (Wildman–Crippen LogP) is 0.305. The van der Waals surface area contributed by atoms with Gasteiger partial charge in [0.15, 0.2) is 5.82 Å². The molecule has 0 radical (unpaired) electrons. The molecule has 2 aromatic rings. The molecule has 2 rings (SSSR count). The third-order valence-corrected chi connectivity index (χ3v) is 2.09. The molecule has 0 bridgehead atoms. The van der Waals surface area contributed by atoms with Crippen LogP contribution in [0.4, 0.5) is 0 Å². The Labute approximate surface area is 97.1 Å². The molecule has 0 fully saturated rings. The average molecular weight is 235 g/mol. The third-order valence-electron chi connectivity index (χ3n) is 1.90. The summed E-state index contributed by atoms with van der Waals surface area (Å²) in [6, 6.07) is 3.54. The lowest BCUT2D eigenvalue weighted by Gasteiger charge is -2.01. The van der Waals surface area contributed by atoms with Crippen LogP contribution in [-0.4, -0.2) is 31.8 Å². The molecule has 2 N–H and O–H groups in total. The van der Waals surface area contributed by atoms with E-state index in [0.717, 1.165) is 0 Å². The first kappa shape index (κ1) is 10.5. The van der Waals surface area contributed by atoms with Gasteiger partial charge in [0.05, 0.1) is 13.3 Å². The molecule has 0 aliphatic heterocycles. The molecule has 7 heteroatoms. The van der Waals surface area contributed by atoms with Gasteiger partial charge in [0.1, 0.15) is 17.1 Å². The van der Waals surface area contributed by atoms with Gasteiger partial charge in [-0.3, -0.25) is 0 Å². The molecule has 0 spiro atoms. The highest BCUT2D eigenvalue weighted by atomic mass is 32.1. The van der Waals surface area contributed by atoms with Gasteiger partial charge in [0, 0.05) is 0 Å². The fraction of sp³-hybridized carbons (Fsp3) is 0.111. The summed E-state index contributed by atoms with van der Waals surface area (Å²) in [4.78, 5) is 8.25. The van der Waals surface area contributed by atoms with Crippen molar-refractivity contribution in [3.05, 3.63) is 30.5 Å². The highest BCUT2D eigenvalue weighted by Crippen LogP contribution is 2.10. The molecule has 0 saturated heterocycles. The van der Waals surface area contributed by atoms with E-state index in [0.29, 0.717) is 17.4 Å². The Bertz CT molecular complexity index is 507. The molecule has 6 nitrogen and oxygen atoms in total. The first-order chi connectivity index (χ1) is 7.70. The van der Waals surface area contributed by atoms with Crippen molar-refractivity contribution in [3.63, 3.8) is 0 Å². The summed E-state index contributed by atoms with van der Waals surface area (Å²) in [6.07, 6.45) is 3.10.